The molecule has 6 heteroatoms. The van der Waals surface area contributed by atoms with Crippen molar-refractivity contribution in [2.75, 3.05) is 6.61 Å². The molecule has 3 N–H and O–H groups in total. The fourth-order valence-electron chi connectivity index (χ4n) is 5.27. The summed E-state index contributed by atoms with van der Waals surface area (Å²) in [4.78, 5) is 39.8. The summed E-state index contributed by atoms with van der Waals surface area (Å²) in [6, 6.07) is 0. The number of ketones is 3. The van der Waals surface area contributed by atoms with Gasteiger partial charge in [0.25, 0.3) is 0 Å². The SMILES string of the molecule is CC/C=C\C/C=C\C/C=C\CCCCCCCC(=O)C(O)(C(=O)CCCCCCC)C(O)(CO)C(=O)CCCCCCC. The van der Waals surface area contributed by atoms with E-state index in [0.29, 0.717) is 19.3 Å². The highest BCUT2D eigenvalue weighted by molar-refractivity contribution is 6.16. The van der Waals surface area contributed by atoms with Crippen molar-refractivity contribution in [1.29, 1.82) is 0 Å². The molecule has 0 aliphatic rings. The first-order chi connectivity index (χ1) is 20.8. The summed E-state index contributed by atoms with van der Waals surface area (Å²) >= 11 is 0. The Balaban J connectivity index is 4.98. The van der Waals surface area contributed by atoms with Gasteiger partial charge in [-0.2, -0.15) is 0 Å². The molecule has 0 spiro atoms. The van der Waals surface area contributed by atoms with E-state index < -0.39 is 35.2 Å². The Hall–Kier alpha value is -1.89. The molecule has 0 amide bonds. The van der Waals surface area contributed by atoms with Gasteiger partial charge in [0.15, 0.2) is 23.0 Å². The number of carbonyl (C=O) groups is 3. The number of rotatable bonds is 30. The van der Waals surface area contributed by atoms with E-state index in [1.807, 2.05) is 0 Å². The summed E-state index contributed by atoms with van der Waals surface area (Å²) in [6.45, 7) is 5.14. The van der Waals surface area contributed by atoms with Gasteiger partial charge in [-0.3, -0.25) is 14.4 Å². The van der Waals surface area contributed by atoms with Crippen molar-refractivity contribution in [1.82, 2.24) is 0 Å². The van der Waals surface area contributed by atoms with Crippen LogP contribution in [0.25, 0.3) is 0 Å². The molecule has 0 saturated heterocycles. The lowest BCUT2D eigenvalue weighted by Gasteiger charge is -2.39. The topological polar surface area (TPSA) is 112 Å². The molecule has 248 valence electrons. The van der Waals surface area contributed by atoms with Crippen LogP contribution >= 0.6 is 0 Å². The van der Waals surface area contributed by atoms with E-state index in [2.05, 4.69) is 57.2 Å². The van der Waals surface area contributed by atoms with Crippen LogP contribution in [0.5, 0.6) is 0 Å². The number of aliphatic hydroxyl groups is 3. The van der Waals surface area contributed by atoms with E-state index in [9.17, 15) is 29.7 Å². The minimum absolute atomic E-state index is 0.0961. The highest BCUT2D eigenvalue weighted by Crippen LogP contribution is 2.32. The molecule has 0 radical (unpaired) electrons. The number of hydrogen-bond donors (Lipinski definition) is 3. The zero-order valence-electron chi connectivity index (χ0n) is 27.8. The van der Waals surface area contributed by atoms with Gasteiger partial charge in [-0.1, -0.05) is 128 Å². The summed E-state index contributed by atoms with van der Waals surface area (Å²) in [5, 5.41) is 33.0. The predicted molar refractivity (Wildman–Crippen MR) is 178 cm³/mol. The fraction of sp³-hybridized carbons (Fsp3) is 0.757. The maximum Gasteiger partial charge on any atom is 0.219 e. The fourth-order valence-corrected chi connectivity index (χ4v) is 5.27. The molecule has 0 aromatic heterocycles. The Morgan fingerprint density at radius 2 is 0.907 bits per heavy atom. The van der Waals surface area contributed by atoms with Crippen LogP contribution in [0.1, 0.15) is 162 Å². The molecule has 0 aliphatic heterocycles. The van der Waals surface area contributed by atoms with Crippen molar-refractivity contribution in [3.05, 3.63) is 36.5 Å². The second-order valence-electron chi connectivity index (χ2n) is 11.9. The summed E-state index contributed by atoms with van der Waals surface area (Å²) in [5.74, 6) is -2.55. The van der Waals surface area contributed by atoms with Crippen molar-refractivity contribution in [3.63, 3.8) is 0 Å². The molecule has 0 saturated carbocycles. The molecule has 0 fully saturated rings. The summed E-state index contributed by atoms with van der Waals surface area (Å²) in [5.41, 5.74) is -5.73. The second-order valence-corrected chi connectivity index (χ2v) is 11.9. The number of unbranched alkanes of at least 4 members (excludes halogenated alkanes) is 13. The third-order valence-corrected chi connectivity index (χ3v) is 8.17. The Morgan fingerprint density at radius 3 is 1.37 bits per heavy atom. The average Bonchev–Trinajstić information content (AvgIpc) is 3.01. The molecule has 0 aromatic rings. The normalized spacial score (nSPS) is 14.9. The van der Waals surface area contributed by atoms with Crippen molar-refractivity contribution in [2.24, 2.45) is 0 Å². The Labute approximate surface area is 263 Å². The van der Waals surface area contributed by atoms with Crippen LogP contribution in [0.15, 0.2) is 36.5 Å². The highest BCUT2D eigenvalue weighted by atomic mass is 16.4. The molecule has 0 aromatic carbocycles. The summed E-state index contributed by atoms with van der Waals surface area (Å²) < 4.78 is 0. The molecule has 2 atom stereocenters. The van der Waals surface area contributed by atoms with E-state index >= 15 is 0 Å². The van der Waals surface area contributed by atoms with E-state index in [4.69, 9.17) is 0 Å². The van der Waals surface area contributed by atoms with E-state index in [0.717, 1.165) is 103 Å². The minimum atomic E-state index is -2.92. The van der Waals surface area contributed by atoms with Crippen molar-refractivity contribution in [3.8, 4) is 0 Å². The lowest BCUT2D eigenvalue weighted by Crippen LogP contribution is -2.69. The first-order valence-corrected chi connectivity index (χ1v) is 17.4. The van der Waals surface area contributed by atoms with Gasteiger partial charge >= 0.3 is 0 Å². The molecular formula is C37H64O6. The van der Waals surface area contributed by atoms with Crippen molar-refractivity contribution < 1.29 is 29.7 Å². The van der Waals surface area contributed by atoms with Gasteiger partial charge in [0.2, 0.25) is 5.60 Å². The van der Waals surface area contributed by atoms with Gasteiger partial charge in [-0.25, -0.2) is 0 Å². The van der Waals surface area contributed by atoms with Gasteiger partial charge in [0.1, 0.15) is 0 Å². The van der Waals surface area contributed by atoms with Crippen molar-refractivity contribution >= 4 is 17.3 Å². The number of allylic oxidation sites excluding steroid dienone is 6. The standard InChI is InChI=1S/C37H64O6/c1-4-7-10-13-14-15-16-17-18-19-20-21-22-25-28-31-35(41)37(43,34(40)30-27-24-12-9-6-3)36(42,32-38)33(39)29-26-23-11-8-5-2/h7,10,14-15,17-18,38,42-43H,4-6,8-9,11-13,16,19-32H2,1-3H3/b10-7-,15-14-,18-17-. The largest absolute Gasteiger partial charge is 0.393 e. The van der Waals surface area contributed by atoms with Crippen LogP contribution < -0.4 is 0 Å². The van der Waals surface area contributed by atoms with Gasteiger partial charge in [0.05, 0.1) is 6.61 Å². The first-order valence-electron chi connectivity index (χ1n) is 17.4. The molecule has 0 rings (SSSR count). The average molecular weight is 605 g/mol. The van der Waals surface area contributed by atoms with Crippen LogP contribution in [-0.4, -0.2) is 50.5 Å². The quantitative estimate of drug-likeness (QED) is 0.0431. The van der Waals surface area contributed by atoms with Gasteiger partial charge in [0, 0.05) is 19.3 Å². The van der Waals surface area contributed by atoms with Gasteiger partial charge in [-0.15, -0.1) is 0 Å². The Kier molecular flexibility index (Phi) is 25.3. The van der Waals surface area contributed by atoms with Gasteiger partial charge < -0.3 is 15.3 Å². The molecule has 0 aliphatic carbocycles. The van der Waals surface area contributed by atoms with E-state index in [1.165, 1.54) is 0 Å². The van der Waals surface area contributed by atoms with E-state index in [1.54, 1.807) is 0 Å². The number of aliphatic hydroxyl groups excluding tert-OH is 1. The van der Waals surface area contributed by atoms with Crippen LogP contribution in [0, 0.1) is 0 Å². The maximum atomic E-state index is 13.4. The zero-order valence-corrected chi connectivity index (χ0v) is 27.8. The van der Waals surface area contributed by atoms with Crippen molar-refractivity contribution in [2.45, 2.75) is 173 Å². The summed E-state index contributed by atoms with van der Waals surface area (Å²) in [6.07, 6.45) is 29.3. The molecule has 43 heavy (non-hydrogen) atoms. The van der Waals surface area contributed by atoms with Crippen LogP contribution in [0.3, 0.4) is 0 Å². The summed E-state index contributed by atoms with van der Waals surface area (Å²) in [7, 11) is 0. The zero-order chi connectivity index (χ0) is 32.2. The van der Waals surface area contributed by atoms with Crippen LogP contribution in [-0.2, 0) is 14.4 Å². The Bertz CT molecular complexity index is 829. The first kappa shape index (κ1) is 41.1. The molecular weight excluding hydrogens is 540 g/mol. The van der Waals surface area contributed by atoms with Crippen LogP contribution in [0.4, 0.5) is 0 Å². The molecule has 2 unspecified atom stereocenters. The van der Waals surface area contributed by atoms with E-state index in [-0.39, 0.29) is 19.3 Å². The minimum Gasteiger partial charge on any atom is -0.393 e. The lowest BCUT2D eigenvalue weighted by atomic mass is 9.71. The van der Waals surface area contributed by atoms with Gasteiger partial charge in [-0.05, 0) is 51.4 Å². The second kappa shape index (κ2) is 26.5. The smallest absolute Gasteiger partial charge is 0.219 e. The third-order valence-electron chi connectivity index (χ3n) is 8.17. The molecule has 0 heterocycles. The number of Topliss-reactive ketones (excluding diaryl/α,β-unsaturated/α-hetero) is 3. The molecule has 0 bridgehead atoms. The van der Waals surface area contributed by atoms with Crippen LogP contribution in [0.2, 0.25) is 0 Å². The number of carbonyl (C=O) groups excluding carboxylic acids is 3. The monoisotopic (exact) mass is 604 g/mol. The highest BCUT2D eigenvalue weighted by Gasteiger charge is 2.62. The number of hydrogen-bond acceptors (Lipinski definition) is 6. The Morgan fingerprint density at radius 1 is 0.512 bits per heavy atom. The lowest BCUT2D eigenvalue weighted by molar-refractivity contribution is -0.194. The predicted octanol–water partition coefficient (Wildman–Crippen LogP) is 8.46. The molecule has 6 nitrogen and oxygen atoms in total. The third kappa shape index (κ3) is 16.7. The maximum absolute atomic E-state index is 13.4.